The lowest BCUT2D eigenvalue weighted by Crippen LogP contribution is -2.11. The van der Waals surface area contributed by atoms with Gasteiger partial charge in [0.05, 0.1) is 6.20 Å². The molecule has 1 aliphatic rings. The van der Waals surface area contributed by atoms with Gasteiger partial charge in [-0.05, 0) is 32.1 Å². The molecule has 0 aromatic carbocycles. The quantitative estimate of drug-likeness (QED) is 0.673. The first-order valence-electron chi connectivity index (χ1n) is 6.87. The molecule has 0 spiro atoms. The van der Waals surface area contributed by atoms with Crippen LogP contribution in [0.4, 0.5) is 16.2 Å². The van der Waals surface area contributed by atoms with Crippen molar-refractivity contribution in [2.45, 2.75) is 26.2 Å². The maximum absolute atomic E-state index is 13.5. The minimum absolute atomic E-state index is 0.244. The van der Waals surface area contributed by atoms with Crippen LogP contribution in [0.25, 0.3) is 0 Å². The van der Waals surface area contributed by atoms with Gasteiger partial charge in [0, 0.05) is 26.3 Å². The molecule has 19 heavy (non-hydrogen) atoms. The number of nitrogens with one attached hydrogen (secondary N) is 2. The minimum Gasteiger partial charge on any atom is -0.381 e. The van der Waals surface area contributed by atoms with Crippen molar-refractivity contribution in [3.8, 4) is 0 Å². The molecule has 0 saturated heterocycles. The molecule has 1 aromatic heterocycles. The number of ether oxygens (including phenoxy) is 1. The molecule has 6 heteroatoms. The average Bonchev–Trinajstić information content (AvgIpc) is 3.21. The van der Waals surface area contributed by atoms with Crippen molar-refractivity contribution in [2.24, 2.45) is 5.92 Å². The van der Waals surface area contributed by atoms with Crippen LogP contribution in [0.5, 0.6) is 0 Å². The Morgan fingerprint density at radius 2 is 2.26 bits per heavy atom. The molecule has 1 aromatic rings. The highest BCUT2D eigenvalue weighted by molar-refractivity contribution is 5.40. The summed E-state index contributed by atoms with van der Waals surface area (Å²) in [6, 6.07) is 0. The maximum Gasteiger partial charge on any atom is 0.224 e. The van der Waals surface area contributed by atoms with Crippen molar-refractivity contribution in [2.75, 3.05) is 36.9 Å². The maximum atomic E-state index is 13.5. The lowest BCUT2D eigenvalue weighted by atomic mass is 10.4. The second-order valence-corrected chi connectivity index (χ2v) is 4.72. The molecule has 0 bridgehead atoms. The smallest absolute Gasteiger partial charge is 0.224 e. The van der Waals surface area contributed by atoms with Gasteiger partial charge in [-0.3, -0.25) is 0 Å². The van der Waals surface area contributed by atoms with E-state index in [9.17, 15) is 4.39 Å². The van der Waals surface area contributed by atoms with Crippen LogP contribution in [0, 0.1) is 11.7 Å². The molecule has 0 aliphatic heterocycles. The Labute approximate surface area is 113 Å². The van der Waals surface area contributed by atoms with Gasteiger partial charge in [0.2, 0.25) is 5.95 Å². The van der Waals surface area contributed by atoms with Gasteiger partial charge in [0.15, 0.2) is 11.6 Å². The molecule has 2 rings (SSSR count). The van der Waals surface area contributed by atoms with Gasteiger partial charge in [0.1, 0.15) is 0 Å². The molecule has 106 valence electrons. The zero-order valence-corrected chi connectivity index (χ0v) is 11.3. The topological polar surface area (TPSA) is 59.1 Å². The largest absolute Gasteiger partial charge is 0.381 e. The highest BCUT2D eigenvalue weighted by Gasteiger charge is 2.20. The number of nitrogens with zero attached hydrogens (tertiary/aromatic N) is 2. The van der Waals surface area contributed by atoms with Crippen molar-refractivity contribution in [3.63, 3.8) is 0 Å². The molecule has 1 saturated carbocycles. The number of anilines is 2. The predicted molar refractivity (Wildman–Crippen MR) is 72.8 cm³/mol. The highest BCUT2D eigenvalue weighted by atomic mass is 19.1. The first-order valence-corrected chi connectivity index (χ1v) is 6.87. The Balaban J connectivity index is 1.66. The van der Waals surface area contributed by atoms with Crippen molar-refractivity contribution in [3.05, 3.63) is 12.0 Å². The fourth-order valence-corrected chi connectivity index (χ4v) is 1.65. The molecule has 0 amide bonds. The summed E-state index contributed by atoms with van der Waals surface area (Å²) in [6.07, 6.45) is 4.62. The summed E-state index contributed by atoms with van der Waals surface area (Å²) in [5.41, 5.74) is 0. The minimum atomic E-state index is -0.430. The summed E-state index contributed by atoms with van der Waals surface area (Å²) in [7, 11) is 0. The third-order valence-corrected chi connectivity index (χ3v) is 2.89. The zero-order valence-electron chi connectivity index (χ0n) is 11.3. The van der Waals surface area contributed by atoms with Gasteiger partial charge in [-0.25, -0.2) is 9.37 Å². The average molecular weight is 268 g/mol. The summed E-state index contributed by atoms with van der Waals surface area (Å²) in [6.45, 7) is 4.87. The van der Waals surface area contributed by atoms with Crippen molar-refractivity contribution in [1.29, 1.82) is 0 Å². The Kier molecular flexibility index (Phi) is 5.32. The predicted octanol–water partition coefficient (Wildman–Crippen LogP) is 2.28. The third kappa shape index (κ3) is 4.98. The number of hydrogen-bond donors (Lipinski definition) is 2. The second-order valence-electron chi connectivity index (χ2n) is 4.72. The Morgan fingerprint density at radius 3 is 3.00 bits per heavy atom. The van der Waals surface area contributed by atoms with Crippen LogP contribution in [0.1, 0.15) is 26.2 Å². The summed E-state index contributed by atoms with van der Waals surface area (Å²) in [4.78, 5) is 7.92. The van der Waals surface area contributed by atoms with Gasteiger partial charge >= 0.3 is 0 Å². The normalized spacial score (nSPS) is 14.4. The van der Waals surface area contributed by atoms with E-state index >= 15 is 0 Å². The Morgan fingerprint density at radius 1 is 1.42 bits per heavy atom. The van der Waals surface area contributed by atoms with E-state index in [1.165, 1.54) is 19.0 Å². The summed E-state index contributed by atoms with van der Waals surface area (Å²) < 4.78 is 19.0. The van der Waals surface area contributed by atoms with E-state index in [1.54, 1.807) is 0 Å². The lowest BCUT2D eigenvalue weighted by molar-refractivity contribution is 0.124. The van der Waals surface area contributed by atoms with Gasteiger partial charge in [-0.1, -0.05) is 0 Å². The lowest BCUT2D eigenvalue weighted by Gasteiger charge is -2.08. The van der Waals surface area contributed by atoms with Crippen LogP contribution in [-0.4, -0.2) is 36.3 Å². The van der Waals surface area contributed by atoms with Crippen LogP contribution in [-0.2, 0) is 4.74 Å². The molecular formula is C13H21FN4O. The van der Waals surface area contributed by atoms with Crippen molar-refractivity contribution >= 4 is 11.8 Å². The molecule has 0 atom stereocenters. The molecule has 2 N–H and O–H groups in total. The van der Waals surface area contributed by atoms with Gasteiger partial charge in [-0.2, -0.15) is 4.98 Å². The standard InChI is InChI=1S/C13H21FN4O/c1-2-15-13-17-8-11(14)12(18-13)16-6-3-7-19-9-10-4-5-10/h8,10H,2-7,9H2,1H3,(H2,15,16,17,18). The molecule has 5 nitrogen and oxygen atoms in total. The first-order chi connectivity index (χ1) is 9.29. The first kappa shape index (κ1) is 14.0. The van der Waals surface area contributed by atoms with Crippen LogP contribution >= 0.6 is 0 Å². The molecule has 1 aliphatic carbocycles. The fourth-order valence-electron chi connectivity index (χ4n) is 1.65. The number of hydrogen-bond acceptors (Lipinski definition) is 5. The highest BCUT2D eigenvalue weighted by Crippen LogP contribution is 2.28. The van der Waals surface area contributed by atoms with Crippen LogP contribution in [0.15, 0.2) is 6.20 Å². The van der Waals surface area contributed by atoms with E-state index in [4.69, 9.17) is 4.74 Å². The van der Waals surface area contributed by atoms with Crippen LogP contribution in [0.3, 0.4) is 0 Å². The van der Waals surface area contributed by atoms with Gasteiger partial charge in [-0.15, -0.1) is 0 Å². The Hall–Kier alpha value is -1.43. The van der Waals surface area contributed by atoms with E-state index in [-0.39, 0.29) is 5.82 Å². The van der Waals surface area contributed by atoms with E-state index in [2.05, 4.69) is 20.6 Å². The molecule has 0 radical (unpaired) electrons. The number of halogens is 1. The van der Waals surface area contributed by atoms with E-state index in [0.29, 0.717) is 25.6 Å². The Bertz CT molecular complexity index is 398. The van der Waals surface area contributed by atoms with Crippen molar-refractivity contribution < 1.29 is 9.13 Å². The van der Waals surface area contributed by atoms with Gasteiger partial charge in [0.25, 0.3) is 0 Å². The van der Waals surface area contributed by atoms with Crippen LogP contribution < -0.4 is 10.6 Å². The number of aromatic nitrogens is 2. The molecule has 1 heterocycles. The van der Waals surface area contributed by atoms with Crippen LogP contribution in [0.2, 0.25) is 0 Å². The van der Waals surface area contributed by atoms with E-state index in [1.807, 2.05) is 6.92 Å². The summed E-state index contributed by atoms with van der Waals surface area (Å²) in [5.74, 6) is 1.04. The summed E-state index contributed by atoms with van der Waals surface area (Å²) in [5, 5.41) is 5.92. The third-order valence-electron chi connectivity index (χ3n) is 2.89. The SMILES string of the molecule is CCNc1ncc(F)c(NCCCOCC2CC2)n1. The van der Waals surface area contributed by atoms with E-state index < -0.39 is 5.82 Å². The second kappa shape index (κ2) is 7.23. The monoisotopic (exact) mass is 268 g/mol. The molecule has 0 unspecified atom stereocenters. The molecular weight excluding hydrogens is 247 g/mol. The fraction of sp³-hybridized carbons (Fsp3) is 0.692. The zero-order chi connectivity index (χ0) is 13.5. The molecule has 1 fully saturated rings. The van der Waals surface area contributed by atoms with Gasteiger partial charge < -0.3 is 15.4 Å². The van der Waals surface area contributed by atoms with E-state index in [0.717, 1.165) is 18.9 Å². The number of rotatable bonds is 9. The summed E-state index contributed by atoms with van der Waals surface area (Å²) >= 11 is 0. The van der Waals surface area contributed by atoms with Crippen molar-refractivity contribution in [1.82, 2.24) is 9.97 Å².